The first-order chi connectivity index (χ1) is 5.97. The molecule has 13 heavy (non-hydrogen) atoms. The van der Waals surface area contributed by atoms with E-state index in [4.69, 9.17) is 16.6 Å². The van der Waals surface area contributed by atoms with Crippen molar-refractivity contribution < 1.29 is 10.2 Å². The lowest BCUT2D eigenvalue weighted by Gasteiger charge is -2.23. The van der Waals surface area contributed by atoms with Gasteiger partial charge >= 0.3 is 0 Å². The molecule has 1 aromatic carbocycles. The lowest BCUT2D eigenvalue weighted by atomic mass is 9.93. The Morgan fingerprint density at radius 3 is 2.62 bits per heavy atom. The Morgan fingerprint density at radius 1 is 1.46 bits per heavy atom. The molecule has 1 atom stereocenters. The summed E-state index contributed by atoms with van der Waals surface area (Å²) in [5, 5.41) is 18.4. The molecule has 0 fully saturated rings. The molecule has 0 bridgehead atoms. The second-order valence-corrected chi connectivity index (χ2v) is 3.35. The summed E-state index contributed by atoms with van der Waals surface area (Å²) in [6, 6.07) is 4.60. The average Bonchev–Trinajstić information content (AvgIpc) is 2.09. The third kappa shape index (κ3) is 1.91. The Morgan fingerprint density at radius 2 is 2.08 bits per heavy atom. The van der Waals surface area contributed by atoms with Crippen LogP contribution in [0.4, 0.5) is 5.69 Å². The Kier molecular flexibility index (Phi) is 2.45. The van der Waals surface area contributed by atoms with E-state index in [9.17, 15) is 5.11 Å². The van der Waals surface area contributed by atoms with Gasteiger partial charge in [0.1, 0.15) is 5.75 Å². The number of anilines is 1. The standard InChI is InChI=1S/C9H14N2O2/c1-9(11,5-12)7-4-6(10)2-3-8(7)13/h2-4,12-13H,5,10-11H2,1H3. The third-order valence-electron chi connectivity index (χ3n) is 1.96. The predicted octanol–water partition coefficient (Wildman–Crippen LogP) is 0.141. The highest BCUT2D eigenvalue weighted by Crippen LogP contribution is 2.28. The number of benzene rings is 1. The van der Waals surface area contributed by atoms with Crippen molar-refractivity contribution in [1.29, 1.82) is 0 Å². The number of nitrogens with two attached hydrogens (primary N) is 2. The maximum atomic E-state index is 9.46. The van der Waals surface area contributed by atoms with Gasteiger partial charge in [-0.25, -0.2) is 0 Å². The summed E-state index contributed by atoms with van der Waals surface area (Å²) in [7, 11) is 0. The van der Waals surface area contributed by atoms with Gasteiger partial charge in [0.05, 0.1) is 12.1 Å². The summed E-state index contributed by atoms with van der Waals surface area (Å²) in [5.74, 6) is 0.0493. The van der Waals surface area contributed by atoms with Crippen molar-refractivity contribution >= 4 is 5.69 Å². The van der Waals surface area contributed by atoms with E-state index in [0.29, 0.717) is 11.3 Å². The molecule has 6 N–H and O–H groups in total. The molecule has 0 aliphatic carbocycles. The van der Waals surface area contributed by atoms with E-state index in [1.54, 1.807) is 19.1 Å². The normalized spacial score (nSPS) is 15.3. The monoisotopic (exact) mass is 182 g/mol. The minimum absolute atomic E-state index is 0.0493. The van der Waals surface area contributed by atoms with Gasteiger partial charge in [0.25, 0.3) is 0 Å². The van der Waals surface area contributed by atoms with Gasteiger partial charge in [-0.3, -0.25) is 0 Å². The highest BCUT2D eigenvalue weighted by Gasteiger charge is 2.23. The van der Waals surface area contributed by atoms with Crippen molar-refractivity contribution in [3.63, 3.8) is 0 Å². The lowest BCUT2D eigenvalue weighted by molar-refractivity contribution is 0.207. The Labute approximate surface area is 76.8 Å². The van der Waals surface area contributed by atoms with Crippen LogP contribution in [0.1, 0.15) is 12.5 Å². The van der Waals surface area contributed by atoms with Crippen LogP contribution in [0.5, 0.6) is 5.75 Å². The fourth-order valence-electron chi connectivity index (χ4n) is 1.10. The van der Waals surface area contributed by atoms with E-state index < -0.39 is 5.54 Å². The Balaban J connectivity index is 3.20. The topological polar surface area (TPSA) is 92.5 Å². The molecule has 4 nitrogen and oxygen atoms in total. The number of hydrogen-bond acceptors (Lipinski definition) is 4. The molecule has 0 radical (unpaired) electrons. The molecule has 0 heterocycles. The summed E-state index contributed by atoms with van der Waals surface area (Å²) in [6.07, 6.45) is 0. The number of hydrogen-bond donors (Lipinski definition) is 4. The minimum atomic E-state index is -0.959. The van der Waals surface area contributed by atoms with Crippen LogP contribution in [-0.4, -0.2) is 16.8 Å². The molecule has 0 saturated heterocycles. The molecule has 0 aromatic heterocycles. The zero-order chi connectivity index (χ0) is 10.1. The molecule has 0 spiro atoms. The van der Waals surface area contributed by atoms with Crippen LogP contribution in [-0.2, 0) is 5.54 Å². The number of phenols is 1. The molecule has 1 aromatic rings. The number of aliphatic hydroxyl groups is 1. The second kappa shape index (κ2) is 3.24. The fraction of sp³-hybridized carbons (Fsp3) is 0.333. The highest BCUT2D eigenvalue weighted by molar-refractivity contribution is 5.49. The van der Waals surface area contributed by atoms with Gasteiger partial charge in [-0.2, -0.15) is 0 Å². The van der Waals surface area contributed by atoms with E-state index in [1.165, 1.54) is 6.07 Å². The van der Waals surface area contributed by atoms with Crippen molar-refractivity contribution in [3.8, 4) is 5.75 Å². The van der Waals surface area contributed by atoms with Crippen LogP contribution in [0.3, 0.4) is 0 Å². The average molecular weight is 182 g/mol. The number of aliphatic hydroxyl groups excluding tert-OH is 1. The summed E-state index contributed by atoms with van der Waals surface area (Å²) in [4.78, 5) is 0. The van der Waals surface area contributed by atoms with Gasteiger partial charge < -0.3 is 21.7 Å². The van der Waals surface area contributed by atoms with Crippen LogP contribution in [0.15, 0.2) is 18.2 Å². The van der Waals surface area contributed by atoms with Crippen molar-refractivity contribution in [2.75, 3.05) is 12.3 Å². The third-order valence-corrected chi connectivity index (χ3v) is 1.96. The van der Waals surface area contributed by atoms with Gasteiger partial charge in [0.15, 0.2) is 0 Å². The quantitative estimate of drug-likeness (QED) is 0.386. The molecule has 0 aliphatic heterocycles. The summed E-state index contributed by atoms with van der Waals surface area (Å²) < 4.78 is 0. The molecule has 0 saturated carbocycles. The van der Waals surface area contributed by atoms with Gasteiger partial charge in [-0.1, -0.05) is 0 Å². The molecule has 0 amide bonds. The highest BCUT2D eigenvalue weighted by atomic mass is 16.3. The first-order valence-corrected chi connectivity index (χ1v) is 3.96. The van der Waals surface area contributed by atoms with Gasteiger partial charge in [0, 0.05) is 11.3 Å². The molecule has 1 rings (SSSR count). The lowest BCUT2D eigenvalue weighted by Crippen LogP contribution is -2.37. The number of aromatic hydroxyl groups is 1. The number of phenolic OH excluding ortho intramolecular Hbond substituents is 1. The summed E-state index contributed by atoms with van der Waals surface area (Å²) in [6.45, 7) is 1.38. The van der Waals surface area contributed by atoms with Crippen LogP contribution in [0.2, 0.25) is 0 Å². The van der Waals surface area contributed by atoms with E-state index in [0.717, 1.165) is 0 Å². The first-order valence-electron chi connectivity index (χ1n) is 3.96. The largest absolute Gasteiger partial charge is 0.508 e. The molecule has 1 unspecified atom stereocenters. The second-order valence-electron chi connectivity index (χ2n) is 3.35. The molecule has 0 aliphatic rings. The zero-order valence-corrected chi connectivity index (χ0v) is 7.49. The maximum absolute atomic E-state index is 9.46. The van der Waals surface area contributed by atoms with Gasteiger partial charge in [0.2, 0.25) is 0 Å². The van der Waals surface area contributed by atoms with Crippen molar-refractivity contribution in [1.82, 2.24) is 0 Å². The number of nitrogen functional groups attached to an aromatic ring is 1. The first kappa shape index (κ1) is 9.83. The summed E-state index contributed by atoms with van der Waals surface area (Å²) >= 11 is 0. The van der Waals surface area contributed by atoms with Gasteiger partial charge in [-0.15, -0.1) is 0 Å². The minimum Gasteiger partial charge on any atom is -0.508 e. The number of rotatable bonds is 2. The Hall–Kier alpha value is -1.26. The predicted molar refractivity (Wildman–Crippen MR) is 51.1 cm³/mol. The van der Waals surface area contributed by atoms with Crippen molar-refractivity contribution in [3.05, 3.63) is 23.8 Å². The van der Waals surface area contributed by atoms with E-state index >= 15 is 0 Å². The smallest absolute Gasteiger partial charge is 0.120 e. The van der Waals surface area contributed by atoms with E-state index in [-0.39, 0.29) is 12.4 Å². The maximum Gasteiger partial charge on any atom is 0.120 e. The Bertz CT molecular complexity index is 310. The zero-order valence-electron chi connectivity index (χ0n) is 7.49. The SMILES string of the molecule is CC(N)(CO)c1cc(N)ccc1O. The molecule has 72 valence electrons. The van der Waals surface area contributed by atoms with Crippen LogP contribution < -0.4 is 11.5 Å². The molecule has 4 heteroatoms. The van der Waals surface area contributed by atoms with Crippen molar-refractivity contribution in [2.45, 2.75) is 12.5 Å². The van der Waals surface area contributed by atoms with Gasteiger partial charge in [-0.05, 0) is 25.1 Å². The fourth-order valence-corrected chi connectivity index (χ4v) is 1.10. The summed E-state index contributed by atoms with van der Waals surface area (Å²) in [5.41, 5.74) is 11.3. The molecular formula is C9H14N2O2. The van der Waals surface area contributed by atoms with E-state index in [1.807, 2.05) is 0 Å². The van der Waals surface area contributed by atoms with Crippen LogP contribution >= 0.6 is 0 Å². The molecular weight excluding hydrogens is 168 g/mol. The van der Waals surface area contributed by atoms with Crippen LogP contribution in [0.25, 0.3) is 0 Å². The van der Waals surface area contributed by atoms with Crippen LogP contribution in [0, 0.1) is 0 Å². The van der Waals surface area contributed by atoms with E-state index in [2.05, 4.69) is 0 Å². The van der Waals surface area contributed by atoms with Crippen molar-refractivity contribution in [2.24, 2.45) is 5.73 Å².